The van der Waals surface area contributed by atoms with Gasteiger partial charge in [0.2, 0.25) is 0 Å². The van der Waals surface area contributed by atoms with Crippen LogP contribution in [0, 0.1) is 0 Å². The second-order valence-electron chi connectivity index (χ2n) is 6.98. The van der Waals surface area contributed by atoms with Crippen LogP contribution in [0.2, 0.25) is 0 Å². The zero-order chi connectivity index (χ0) is 19.5. The Kier molecular flexibility index (Phi) is 6.51. The summed E-state index contributed by atoms with van der Waals surface area (Å²) in [5.41, 5.74) is 2.63. The largest absolute Gasteiger partial charge is 0.486 e. The van der Waals surface area contributed by atoms with E-state index in [1.807, 2.05) is 6.07 Å². The molecule has 2 N–H and O–H groups in total. The van der Waals surface area contributed by atoms with Crippen LogP contribution in [0.15, 0.2) is 42.6 Å². The number of benzene rings is 1. The van der Waals surface area contributed by atoms with Crippen LogP contribution in [0.3, 0.4) is 0 Å². The lowest BCUT2D eigenvalue weighted by atomic mass is 10.1. The third-order valence-electron chi connectivity index (χ3n) is 5.08. The van der Waals surface area contributed by atoms with Crippen molar-refractivity contribution in [3.05, 3.63) is 53.9 Å². The SMILES string of the molecule is CN1CCC[C@@H]1c1cc2cnc(NC(=O)c3ccc(OCC=O)cc3)cc2[nH]1.Cl. The number of ether oxygens (including phenoxy) is 1. The lowest BCUT2D eigenvalue weighted by Gasteiger charge is -2.17. The molecule has 8 heteroatoms. The molecule has 0 radical (unpaired) electrons. The van der Waals surface area contributed by atoms with Crippen LogP contribution < -0.4 is 10.1 Å². The highest BCUT2D eigenvalue weighted by Gasteiger charge is 2.24. The van der Waals surface area contributed by atoms with Gasteiger partial charge in [-0.05, 0) is 56.8 Å². The molecule has 0 aliphatic carbocycles. The number of fused-ring (bicyclic) bond motifs is 1. The van der Waals surface area contributed by atoms with E-state index in [1.54, 1.807) is 30.5 Å². The zero-order valence-electron chi connectivity index (χ0n) is 16.1. The smallest absolute Gasteiger partial charge is 0.256 e. The fourth-order valence-corrected chi connectivity index (χ4v) is 3.62. The van der Waals surface area contributed by atoms with Crippen LogP contribution in [0.4, 0.5) is 5.82 Å². The average Bonchev–Trinajstić information content (AvgIpc) is 3.32. The molecule has 1 aliphatic rings. The number of aldehydes is 1. The fourth-order valence-electron chi connectivity index (χ4n) is 3.62. The zero-order valence-corrected chi connectivity index (χ0v) is 16.9. The maximum Gasteiger partial charge on any atom is 0.256 e. The molecule has 0 spiro atoms. The normalized spacial score (nSPS) is 16.4. The molecule has 1 fully saturated rings. The Morgan fingerprint density at radius 3 is 2.83 bits per heavy atom. The number of likely N-dealkylation sites (tertiary alicyclic amines) is 1. The van der Waals surface area contributed by atoms with Crippen molar-refractivity contribution in [1.29, 1.82) is 0 Å². The van der Waals surface area contributed by atoms with E-state index in [0.29, 0.717) is 29.5 Å². The molecule has 1 amide bonds. The predicted octanol–water partition coefficient (Wildman–Crippen LogP) is 3.58. The van der Waals surface area contributed by atoms with Crippen molar-refractivity contribution in [3.63, 3.8) is 0 Å². The van der Waals surface area contributed by atoms with Crippen molar-refractivity contribution < 1.29 is 14.3 Å². The van der Waals surface area contributed by atoms with Crippen LogP contribution in [-0.2, 0) is 4.79 Å². The van der Waals surface area contributed by atoms with Crippen LogP contribution in [0.25, 0.3) is 10.9 Å². The molecule has 152 valence electrons. The van der Waals surface area contributed by atoms with Gasteiger partial charge in [0.25, 0.3) is 5.91 Å². The molecule has 0 saturated carbocycles. The summed E-state index contributed by atoms with van der Waals surface area (Å²) in [6, 6.07) is 11.0. The molecule has 0 bridgehead atoms. The fraction of sp³-hybridized carbons (Fsp3) is 0.286. The van der Waals surface area contributed by atoms with E-state index in [9.17, 15) is 9.59 Å². The van der Waals surface area contributed by atoms with Crippen molar-refractivity contribution >= 4 is 41.3 Å². The summed E-state index contributed by atoms with van der Waals surface area (Å²) in [5, 5.41) is 3.86. The topological polar surface area (TPSA) is 87.3 Å². The van der Waals surface area contributed by atoms with Gasteiger partial charge in [0.1, 0.15) is 18.2 Å². The Morgan fingerprint density at radius 2 is 2.14 bits per heavy atom. The van der Waals surface area contributed by atoms with Gasteiger partial charge in [-0.25, -0.2) is 4.98 Å². The van der Waals surface area contributed by atoms with E-state index in [0.717, 1.165) is 23.9 Å². The highest BCUT2D eigenvalue weighted by molar-refractivity contribution is 6.04. The summed E-state index contributed by atoms with van der Waals surface area (Å²) in [6.07, 6.45) is 4.80. The maximum absolute atomic E-state index is 12.5. The molecule has 1 aliphatic heterocycles. The summed E-state index contributed by atoms with van der Waals surface area (Å²) in [5.74, 6) is 0.780. The molecule has 4 rings (SSSR count). The number of aromatic amines is 1. The molecule has 1 aromatic carbocycles. The van der Waals surface area contributed by atoms with Crippen molar-refractivity contribution in [1.82, 2.24) is 14.9 Å². The second kappa shape index (κ2) is 9.07. The van der Waals surface area contributed by atoms with Gasteiger partial charge in [0.05, 0.1) is 5.52 Å². The van der Waals surface area contributed by atoms with Gasteiger partial charge in [-0.1, -0.05) is 0 Å². The summed E-state index contributed by atoms with van der Waals surface area (Å²) >= 11 is 0. The van der Waals surface area contributed by atoms with Gasteiger partial charge in [-0.3, -0.25) is 14.5 Å². The predicted molar refractivity (Wildman–Crippen MR) is 114 cm³/mol. The van der Waals surface area contributed by atoms with Gasteiger partial charge in [0.15, 0.2) is 6.29 Å². The van der Waals surface area contributed by atoms with Crippen LogP contribution in [-0.4, -0.2) is 47.3 Å². The first-order chi connectivity index (χ1) is 13.6. The Bertz CT molecular complexity index is 1000. The third kappa shape index (κ3) is 4.58. The highest BCUT2D eigenvalue weighted by atomic mass is 35.5. The first-order valence-corrected chi connectivity index (χ1v) is 9.31. The van der Waals surface area contributed by atoms with Gasteiger partial charge in [0, 0.05) is 34.9 Å². The van der Waals surface area contributed by atoms with E-state index in [1.165, 1.54) is 12.1 Å². The number of nitrogens with one attached hydrogen (secondary N) is 2. The number of anilines is 1. The van der Waals surface area contributed by atoms with Crippen molar-refractivity contribution in [2.75, 3.05) is 25.5 Å². The Hall–Kier alpha value is -2.90. The van der Waals surface area contributed by atoms with Gasteiger partial charge in [-0.15, -0.1) is 12.4 Å². The van der Waals surface area contributed by atoms with Gasteiger partial charge < -0.3 is 15.0 Å². The minimum Gasteiger partial charge on any atom is -0.486 e. The lowest BCUT2D eigenvalue weighted by molar-refractivity contribution is -0.109. The quantitative estimate of drug-likeness (QED) is 0.602. The molecule has 7 nitrogen and oxygen atoms in total. The monoisotopic (exact) mass is 414 g/mol. The van der Waals surface area contributed by atoms with Gasteiger partial charge in [-0.2, -0.15) is 0 Å². The second-order valence-corrected chi connectivity index (χ2v) is 6.98. The summed E-state index contributed by atoms with van der Waals surface area (Å²) in [7, 11) is 2.14. The summed E-state index contributed by atoms with van der Waals surface area (Å²) in [4.78, 5) is 33.0. The molecular weight excluding hydrogens is 392 g/mol. The molecule has 3 heterocycles. The van der Waals surface area contributed by atoms with Crippen LogP contribution >= 0.6 is 12.4 Å². The number of hydrogen-bond donors (Lipinski definition) is 2. The van der Waals surface area contributed by atoms with E-state index in [2.05, 4.69) is 33.3 Å². The van der Waals surface area contributed by atoms with E-state index < -0.39 is 0 Å². The molecule has 0 unspecified atom stereocenters. The Labute approximate surface area is 174 Å². The Morgan fingerprint density at radius 1 is 1.34 bits per heavy atom. The van der Waals surface area contributed by atoms with Gasteiger partial charge >= 0.3 is 0 Å². The molecule has 2 aromatic heterocycles. The molecular formula is C21H23ClN4O3. The highest BCUT2D eigenvalue weighted by Crippen LogP contribution is 2.32. The minimum atomic E-state index is -0.254. The number of amides is 1. The molecule has 3 aromatic rings. The van der Waals surface area contributed by atoms with E-state index >= 15 is 0 Å². The number of nitrogens with zero attached hydrogens (tertiary/aromatic N) is 2. The number of H-pyrrole nitrogens is 1. The van der Waals surface area contributed by atoms with Crippen LogP contribution in [0.1, 0.15) is 34.9 Å². The maximum atomic E-state index is 12.5. The van der Waals surface area contributed by atoms with E-state index in [4.69, 9.17) is 4.74 Å². The molecule has 1 atom stereocenters. The first kappa shape index (κ1) is 20.8. The standard InChI is InChI=1S/C21H22N4O3.ClH/c1-25-8-2-3-19(25)18-11-15-13-22-20(12-17(15)23-18)24-21(27)14-4-6-16(7-5-14)28-10-9-26;/h4-7,9,11-13,19,23H,2-3,8,10H2,1H3,(H,22,24,27);1H/t19-;/m1./s1. The minimum absolute atomic E-state index is 0. The number of halogens is 1. The number of pyridine rings is 1. The summed E-state index contributed by atoms with van der Waals surface area (Å²) < 4.78 is 5.19. The number of rotatable bonds is 6. The number of hydrogen-bond acceptors (Lipinski definition) is 5. The Balaban J connectivity index is 0.00000240. The van der Waals surface area contributed by atoms with Crippen LogP contribution in [0.5, 0.6) is 5.75 Å². The lowest BCUT2D eigenvalue weighted by Crippen LogP contribution is -2.17. The molecule has 1 saturated heterocycles. The first-order valence-electron chi connectivity index (χ1n) is 9.31. The summed E-state index contributed by atoms with van der Waals surface area (Å²) in [6.45, 7) is 1.10. The van der Waals surface area contributed by atoms with E-state index in [-0.39, 0.29) is 24.9 Å². The third-order valence-corrected chi connectivity index (χ3v) is 5.08. The average molecular weight is 415 g/mol. The van der Waals surface area contributed by atoms with Crippen molar-refractivity contribution in [2.24, 2.45) is 0 Å². The number of aromatic nitrogens is 2. The van der Waals surface area contributed by atoms with Crippen molar-refractivity contribution in [2.45, 2.75) is 18.9 Å². The number of carbonyl (C=O) groups is 2. The molecule has 29 heavy (non-hydrogen) atoms. The van der Waals surface area contributed by atoms with Crippen molar-refractivity contribution in [3.8, 4) is 5.75 Å². The number of carbonyl (C=O) groups excluding carboxylic acids is 2.